The van der Waals surface area contributed by atoms with Gasteiger partial charge in [0.15, 0.2) is 0 Å². The fourth-order valence-corrected chi connectivity index (χ4v) is 1.19. The average molecular weight is 229 g/mol. The van der Waals surface area contributed by atoms with Gasteiger partial charge in [0.05, 0.1) is 0 Å². The second kappa shape index (κ2) is 5.31. The zero-order chi connectivity index (χ0) is 12.9. The van der Waals surface area contributed by atoms with Crippen molar-refractivity contribution in [1.29, 1.82) is 5.26 Å². The lowest BCUT2D eigenvalue weighted by Gasteiger charge is -2.18. The molecule has 0 aliphatic rings. The van der Waals surface area contributed by atoms with E-state index in [-0.39, 0.29) is 5.57 Å². The third-order valence-corrected chi connectivity index (χ3v) is 1.85. The van der Waals surface area contributed by atoms with Crippen molar-refractivity contribution in [1.82, 2.24) is 0 Å². The second-order valence-corrected chi connectivity index (χ2v) is 4.58. The van der Waals surface area contributed by atoms with E-state index in [4.69, 9.17) is 10.00 Å². The van der Waals surface area contributed by atoms with Crippen LogP contribution in [0, 0.1) is 11.3 Å². The van der Waals surface area contributed by atoms with Crippen LogP contribution in [-0.2, 0) is 9.53 Å². The molecule has 0 saturated heterocycles. The van der Waals surface area contributed by atoms with E-state index in [9.17, 15) is 4.79 Å². The normalized spacial score (nSPS) is 11.8. The molecule has 0 fully saturated rings. The van der Waals surface area contributed by atoms with Gasteiger partial charge in [0.1, 0.15) is 17.2 Å². The van der Waals surface area contributed by atoms with E-state index >= 15 is 0 Å². The van der Waals surface area contributed by atoms with Crippen molar-refractivity contribution in [2.24, 2.45) is 0 Å². The molecule has 0 N–H and O–H groups in total. The van der Waals surface area contributed by atoms with Crippen LogP contribution in [0.5, 0.6) is 0 Å². The number of hydrogen-bond donors (Lipinski definition) is 0. The van der Waals surface area contributed by atoms with Crippen molar-refractivity contribution in [2.45, 2.75) is 26.4 Å². The van der Waals surface area contributed by atoms with Crippen LogP contribution in [0.2, 0.25) is 0 Å². The van der Waals surface area contributed by atoms with Crippen molar-refractivity contribution in [3.05, 3.63) is 41.5 Å². The van der Waals surface area contributed by atoms with Gasteiger partial charge in [0, 0.05) is 0 Å². The maximum atomic E-state index is 11.7. The topological polar surface area (TPSA) is 50.1 Å². The van der Waals surface area contributed by atoms with Crippen molar-refractivity contribution >= 4 is 12.0 Å². The minimum Gasteiger partial charge on any atom is -0.456 e. The summed E-state index contributed by atoms with van der Waals surface area (Å²) in [5.74, 6) is -0.594. The molecule has 88 valence electrons. The highest BCUT2D eigenvalue weighted by atomic mass is 16.6. The largest absolute Gasteiger partial charge is 0.456 e. The van der Waals surface area contributed by atoms with E-state index in [1.165, 1.54) is 6.08 Å². The quantitative estimate of drug-likeness (QED) is 0.445. The molecule has 0 aromatic heterocycles. The van der Waals surface area contributed by atoms with Crippen molar-refractivity contribution in [3.63, 3.8) is 0 Å². The van der Waals surface area contributed by atoms with Gasteiger partial charge in [-0.3, -0.25) is 0 Å². The first kappa shape index (κ1) is 13.0. The van der Waals surface area contributed by atoms with E-state index < -0.39 is 11.6 Å². The Bertz CT molecular complexity index is 461. The van der Waals surface area contributed by atoms with E-state index in [1.807, 2.05) is 36.4 Å². The Morgan fingerprint density at radius 2 is 1.88 bits per heavy atom. The first-order valence-electron chi connectivity index (χ1n) is 5.32. The highest BCUT2D eigenvalue weighted by Crippen LogP contribution is 2.13. The molecule has 0 radical (unpaired) electrons. The average Bonchev–Trinajstić information content (AvgIpc) is 2.24. The Morgan fingerprint density at radius 1 is 1.29 bits per heavy atom. The van der Waals surface area contributed by atoms with E-state index in [0.717, 1.165) is 5.56 Å². The van der Waals surface area contributed by atoms with Crippen molar-refractivity contribution in [2.75, 3.05) is 0 Å². The second-order valence-electron chi connectivity index (χ2n) is 4.58. The summed E-state index contributed by atoms with van der Waals surface area (Å²) in [7, 11) is 0. The number of carbonyl (C=O) groups is 1. The fraction of sp³-hybridized carbons (Fsp3) is 0.286. The molecule has 0 saturated carbocycles. The number of benzene rings is 1. The van der Waals surface area contributed by atoms with Gasteiger partial charge in [-0.25, -0.2) is 4.79 Å². The molecule has 0 atom stereocenters. The third kappa shape index (κ3) is 4.52. The molecule has 3 heteroatoms. The number of esters is 1. The van der Waals surface area contributed by atoms with Gasteiger partial charge < -0.3 is 4.74 Å². The lowest BCUT2D eigenvalue weighted by molar-refractivity contribution is -0.149. The minimum atomic E-state index is -0.594. The number of nitrogens with zero attached hydrogens (tertiary/aromatic N) is 1. The molecule has 0 unspecified atom stereocenters. The summed E-state index contributed by atoms with van der Waals surface area (Å²) in [5, 5.41) is 8.94. The maximum absolute atomic E-state index is 11.7. The maximum Gasteiger partial charge on any atom is 0.349 e. The summed E-state index contributed by atoms with van der Waals surface area (Å²) in [6.45, 7) is 5.30. The van der Waals surface area contributed by atoms with Gasteiger partial charge in [-0.05, 0) is 32.4 Å². The predicted molar refractivity (Wildman–Crippen MR) is 65.9 cm³/mol. The van der Waals surface area contributed by atoms with Crippen LogP contribution < -0.4 is 0 Å². The Kier molecular flexibility index (Phi) is 4.06. The Morgan fingerprint density at radius 3 is 2.35 bits per heavy atom. The van der Waals surface area contributed by atoms with E-state index in [2.05, 4.69) is 0 Å². The van der Waals surface area contributed by atoms with Gasteiger partial charge in [-0.2, -0.15) is 5.26 Å². The molecule has 0 spiro atoms. The van der Waals surface area contributed by atoms with Crippen LogP contribution in [0.25, 0.3) is 6.08 Å². The molecule has 0 amide bonds. The lowest BCUT2D eigenvalue weighted by Crippen LogP contribution is -2.24. The summed E-state index contributed by atoms with van der Waals surface area (Å²) in [4.78, 5) is 11.7. The number of carbonyl (C=O) groups excluding carboxylic acids is 1. The molecule has 3 nitrogen and oxygen atoms in total. The SMILES string of the molecule is CC(C)(C)OC(=O)/C(C#N)=C\c1ccccc1. The molecule has 0 aliphatic carbocycles. The van der Waals surface area contributed by atoms with Crippen molar-refractivity contribution < 1.29 is 9.53 Å². The molecule has 0 bridgehead atoms. The van der Waals surface area contributed by atoms with Crippen LogP contribution >= 0.6 is 0 Å². The third-order valence-electron chi connectivity index (χ3n) is 1.85. The molecular formula is C14H15NO2. The summed E-state index contributed by atoms with van der Waals surface area (Å²) >= 11 is 0. The monoisotopic (exact) mass is 229 g/mol. The van der Waals surface area contributed by atoms with Gasteiger partial charge in [0.25, 0.3) is 0 Å². The Hall–Kier alpha value is -2.08. The van der Waals surface area contributed by atoms with Gasteiger partial charge in [-0.1, -0.05) is 30.3 Å². The molecule has 17 heavy (non-hydrogen) atoms. The molecule has 1 aromatic carbocycles. The van der Waals surface area contributed by atoms with Crippen LogP contribution in [0.1, 0.15) is 26.3 Å². The number of ether oxygens (including phenoxy) is 1. The Labute approximate surface area is 101 Å². The summed E-state index contributed by atoms with van der Waals surface area (Å²) in [6, 6.07) is 11.1. The summed E-state index contributed by atoms with van der Waals surface area (Å²) < 4.78 is 5.13. The van der Waals surface area contributed by atoms with Gasteiger partial charge in [0.2, 0.25) is 0 Å². The number of rotatable bonds is 2. The fourth-order valence-electron chi connectivity index (χ4n) is 1.19. The van der Waals surface area contributed by atoms with Crippen LogP contribution in [-0.4, -0.2) is 11.6 Å². The first-order chi connectivity index (χ1) is 7.92. The van der Waals surface area contributed by atoms with Crippen LogP contribution in [0.4, 0.5) is 0 Å². The van der Waals surface area contributed by atoms with Crippen LogP contribution in [0.15, 0.2) is 35.9 Å². The van der Waals surface area contributed by atoms with Gasteiger partial charge >= 0.3 is 5.97 Å². The standard InChI is InChI=1S/C14H15NO2/c1-14(2,3)17-13(16)12(10-15)9-11-7-5-4-6-8-11/h4-9H,1-3H3/b12-9-. The molecule has 0 aliphatic heterocycles. The summed E-state index contributed by atoms with van der Waals surface area (Å²) in [5.41, 5.74) is 0.213. The molecule has 1 aromatic rings. The zero-order valence-corrected chi connectivity index (χ0v) is 10.2. The van der Waals surface area contributed by atoms with Crippen molar-refractivity contribution in [3.8, 4) is 6.07 Å². The first-order valence-corrected chi connectivity index (χ1v) is 5.32. The van der Waals surface area contributed by atoms with E-state index in [1.54, 1.807) is 20.8 Å². The minimum absolute atomic E-state index is 0.00567. The smallest absolute Gasteiger partial charge is 0.349 e. The molecule has 1 rings (SSSR count). The van der Waals surface area contributed by atoms with Gasteiger partial charge in [-0.15, -0.1) is 0 Å². The predicted octanol–water partition coefficient (Wildman–Crippen LogP) is 2.94. The highest BCUT2D eigenvalue weighted by molar-refractivity contribution is 5.98. The van der Waals surface area contributed by atoms with Crippen LogP contribution in [0.3, 0.4) is 0 Å². The zero-order valence-electron chi connectivity index (χ0n) is 10.2. The number of nitriles is 1. The summed E-state index contributed by atoms with van der Waals surface area (Å²) in [6.07, 6.45) is 1.52. The van der Waals surface area contributed by atoms with E-state index in [0.29, 0.717) is 0 Å². The number of hydrogen-bond acceptors (Lipinski definition) is 3. The Balaban J connectivity index is 2.90. The lowest BCUT2D eigenvalue weighted by atomic mass is 10.1. The highest BCUT2D eigenvalue weighted by Gasteiger charge is 2.19. The molecular weight excluding hydrogens is 214 g/mol. The molecule has 0 heterocycles.